The number of nitrogens with two attached hydrogens (primary N) is 1. The smallest absolute Gasteiger partial charge is 0.237 e. The number of nitrogen functional groups attached to an aromatic ring is 1. The molecule has 0 aliphatic heterocycles. The molecule has 110 valence electrons. The van der Waals surface area contributed by atoms with E-state index in [9.17, 15) is 4.79 Å². The number of carbonyl (C=O) groups excluding carboxylic acids is 1. The summed E-state index contributed by atoms with van der Waals surface area (Å²) < 4.78 is 0. The monoisotopic (exact) mass is 284 g/mol. The fourth-order valence-electron chi connectivity index (χ4n) is 2.03. The van der Waals surface area contributed by atoms with Crippen LogP contribution in [0.25, 0.3) is 0 Å². The van der Waals surface area contributed by atoms with Gasteiger partial charge in [0.25, 0.3) is 0 Å². The number of carbonyl (C=O) groups is 1. The molecule has 1 heterocycles. The van der Waals surface area contributed by atoms with Crippen LogP contribution >= 0.6 is 0 Å². The van der Waals surface area contributed by atoms with Gasteiger partial charge in [-0.15, -0.1) is 0 Å². The van der Waals surface area contributed by atoms with E-state index in [4.69, 9.17) is 5.73 Å². The molecule has 5 heteroatoms. The normalized spacial score (nSPS) is 11.9. The summed E-state index contributed by atoms with van der Waals surface area (Å²) in [6.45, 7) is 0.444. The van der Waals surface area contributed by atoms with Crippen LogP contribution in [-0.2, 0) is 17.8 Å². The Bertz CT molecular complexity index is 569. The second kappa shape index (κ2) is 7.40. The van der Waals surface area contributed by atoms with Gasteiger partial charge in [0, 0.05) is 12.7 Å². The fourth-order valence-corrected chi connectivity index (χ4v) is 2.03. The second-order valence-corrected chi connectivity index (χ2v) is 4.84. The summed E-state index contributed by atoms with van der Waals surface area (Å²) in [4.78, 5) is 16.2. The summed E-state index contributed by atoms with van der Waals surface area (Å²) in [5.74, 6) is 0.445. The number of anilines is 1. The summed E-state index contributed by atoms with van der Waals surface area (Å²) in [5.41, 5.74) is 7.58. The van der Waals surface area contributed by atoms with Gasteiger partial charge < -0.3 is 16.4 Å². The first-order chi connectivity index (χ1) is 10.2. The Labute approximate surface area is 124 Å². The van der Waals surface area contributed by atoms with Crippen LogP contribution < -0.4 is 16.4 Å². The molecule has 2 rings (SSSR count). The summed E-state index contributed by atoms with van der Waals surface area (Å²) in [5, 5.41) is 5.96. The molecule has 0 aliphatic rings. The van der Waals surface area contributed by atoms with Crippen molar-refractivity contribution in [1.82, 2.24) is 15.6 Å². The average molecular weight is 284 g/mol. The first-order valence-corrected chi connectivity index (χ1v) is 6.88. The van der Waals surface area contributed by atoms with Crippen molar-refractivity contribution in [2.24, 2.45) is 0 Å². The molecule has 2 aromatic rings. The number of nitrogens with one attached hydrogen (secondary N) is 2. The van der Waals surface area contributed by atoms with Gasteiger partial charge in [0.15, 0.2) is 0 Å². The number of likely N-dealkylation sites (N-methyl/N-ethyl adjacent to an activating group) is 1. The van der Waals surface area contributed by atoms with Gasteiger partial charge in [0.05, 0.1) is 6.04 Å². The molecule has 1 aromatic heterocycles. The zero-order valence-corrected chi connectivity index (χ0v) is 12.0. The van der Waals surface area contributed by atoms with Crippen molar-refractivity contribution < 1.29 is 4.79 Å². The van der Waals surface area contributed by atoms with Crippen molar-refractivity contribution in [3.63, 3.8) is 0 Å². The van der Waals surface area contributed by atoms with E-state index >= 15 is 0 Å². The van der Waals surface area contributed by atoms with Crippen LogP contribution in [-0.4, -0.2) is 24.0 Å². The largest absolute Gasteiger partial charge is 0.384 e. The van der Waals surface area contributed by atoms with E-state index in [0.717, 1.165) is 11.1 Å². The van der Waals surface area contributed by atoms with Crippen LogP contribution in [0.4, 0.5) is 5.82 Å². The molecule has 0 saturated heterocycles. The van der Waals surface area contributed by atoms with Gasteiger partial charge >= 0.3 is 0 Å². The van der Waals surface area contributed by atoms with E-state index in [1.54, 1.807) is 19.3 Å². The number of benzene rings is 1. The first kappa shape index (κ1) is 15.0. The Morgan fingerprint density at radius 2 is 1.95 bits per heavy atom. The van der Waals surface area contributed by atoms with Crippen LogP contribution in [0.15, 0.2) is 48.7 Å². The fraction of sp³-hybridized carbons (Fsp3) is 0.250. The molecular weight excluding hydrogens is 264 g/mol. The maximum atomic E-state index is 12.2. The maximum Gasteiger partial charge on any atom is 0.237 e. The number of aromatic nitrogens is 1. The lowest BCUT2D eigenvalue weighted by Gasteiger charge is -2.16. The van der Waals surface area contributed by atoms with E-state index < -0.39 is 0 Å². The van der Waals surface area contributed by atoms with Crippen molar-refractivity contribution in [1.29, 1.82) is 0 Å². The van der Waals surface area contributed by atoms with Gasteiger partial charge in [-0.2, -0.15) is 0 Å². The minimum absolute atomic E-state index is 0.0295. The van der Waals surface area contributed by atoms with Crippen molar-refractivity contribution in [3.05, 3.63) is 59.8 Å². The Balaban J connectivity index is 1.89. The third-order valence-corrected chi connectivity index (χ3v) is 3.26. The Kier molecular flexibility index (Phi) is 5.29. The predicted octanol–water partition coefficient (Wildman–Crippen LogP) is 1.11. The number of hydrogen-bond donors (Lipinski definition) is 3. The highest BCUT2D eigenvalue weighted by Crippen LogP contribution is 2.04. The van der Waals surface area contributed by atoms with Crippen molar-refractivity contribution in [3.8, 4) is 0 Å². The average Bonchev–Trinajstić information content (AvgIpc) is 2.52. The lowest BCUT2D eigenvalue weighted by atomic mass is 10.1. The Hall–Kier alpha value is -2.40. The highest BCUT2D eigenvalue weighted by atomic mass is 16.2. The summed E-state index contributed by atoms with van der Waals surface area (Å²) in [6, 6.07) is 13.3. The van der Waals surface area contributed by atoms with E-state index in [2.05, 4.69) is 15.6 Å². The zero-order valence-electron chi connectivity index (χ0n) is 12.0. The molecule has 0 spiro atoms. The molecule has 0 radical (unpaired) electrons. The molecule has 0 saturated carbocycles. The van der Waals surface area contributed by atoms with Crippen molar-refractivity contribution >= 4 is 11.7 Å². The van der Waals surface area contributed by atoms with Crippen molar-refractivity contribution in [2.75, 3.05) is 12.8 Å². The molecule has 21 heavy (non-hydrogen) atoms. The summed E-state index contributed by atoms with van der Waals surface area (Å²) in [7, 11) is 1.79. The van der Waals surface area contributed by atoms with Crippen LogP contribution in [0.1, 0.15) is 11.1 Å². The zero-order chi connectivity index (χ0) is 15.1. The minimum atomic E-state index is -0.255. The van der Waals surface area contributed by atoms with Crippen LogP contribution in [0, 0.1) is 0 Å². The van der Waals surface area contributed by atoms with Gasteiger partial charge in [-0.1, -0.05) is 36.4 Å². The van der Waals surface area contributed by atoms with Crippen molar-refractivity contribution in [2.45, 2.75) is 19.0 Å². The lowest BCUT2D eigenvalue weighted by Crippen LogP contribution is -2.43. The van der Waals surface area contributed by atoms with Gasteiger partial charge in [-0.3, -0.25) is 4.79 Å². The number of pyridine rings is 1. The van der Waals surface area contributed by atoms with Gasteiger partial charge in [0.2, 0.25) is 5.91 Å². The van der Waals surface area contributed by atoms with E-state index in [0.29, 0.717) is 18.8 Å². The maximum absolute atomic E-state index is 12.2. The molecule has 1 aromatic carbocycles. The SMILES string of the molecule is CN[C@@H](Cc1ccccc1)C(=O)NCc1ccc(N)nc1. The molecule has 0 bridgehead atoms. The molecule has 1 amide bonds. The number of amides is 1. The number of rotatable bonds is 6. The standard InChI is InChI=1S/C16H20N4O/c1-18-14(9-12-5-3-2-4-6-12)16(21)20-11-13-7-8-15(17)19-10-13/h2-8,10,14,18H,9,11H2,1H3,(H2,17,19)(H,20,21)/t14-/m0/s1. The molecular formula is C16H20N4O. The highest BCUT2D eigenvalue weighted by Gasteiger charge is 2.16. The van der Waals surface area contributed by atoms with Crippen LogP contribution in [0.3, 0.4) is 0 Å². The van der Waals surface area contributed by atoms with Gasteiger partial charge in [0.1, 0.15) is 5.82 Å². The third kappa shape index (κ3) is 4.57. The summed E-state index contributed by atoms with van der Waals surface area (Å²) in [6.07, 6.45) is 2.32. The number of hydrogen-bond acceptors (Lipinski definition) is 4. The quantitative estimate of drug-likeness (QED) is 0.742. The third-order valence-electron chi connectivity index (χ3n) is 3.26. The van der Waals surface area contributed by atoms with Gasteiger partial charge in [-0.25, -0.2) is 4.98 Å². The highest BCUT2D eigenvalue weighted by molar-refractivity contribution is 5.82. The molecule has 1 atom stereocenters. The van der Waals surface area contributed by atoms with Crippen LogP contribution in [0.5, 0.6) is 0 Å². The molecule has 0 unspecified atom stereocenters. The summed E-state index contributed by atoms with van der Waals surface area (Å²) >= 11 is 0. The topological polar surface area (TPSA) is 80.0 Å². The van der Waals surface area contributed by atoms with E-state index in [-0.39, 0.29) is 11.9 Å². The molecule has 5 nitrogen and oxygen atoms in total. The minimum Gasteiger partial charge on any atom is -0.384 e. The Morgan fingerprint density at radius 1 is 1.19 bits per heavy atom. The van der Waals surface area contributed by atoms with Crippen LogP contribution in [0.2, 0.25) is 0 Å². The first-order valence-electron chi connectivity index (χ1n) is 6.88. The molecule has 0 fully saturated rings. The lowest BCUT2D eigenvalue weighted by molar-refractivity contribution is -0.123. The Morgan fingerprint density at radius 3 is 2.57 bits per heavy atom. The van der Waals surface area contributed by atoms with E-state index in [1.807, 2.05) is 36.4 Å². The molecule has 0 aliphatic carbocycles. The molecule has 4 N–H and O–H groups in total. The van der Waals surface area contributed by atoms with E-state index in [1.165, 1.54) is 0 Å². The predicted molar refractivity (Wildman–Crippen MR) is 83.5 cm³/mol. The number of nitrogens with zero attached hydrogens (tertiary/aromatic N) is 1. The van der Waals surface area contributed by atoms with Gasteiger partial charge in [-0.05, 0) is 30.7 Å². The second-order valence-electron chi connectivity index (χ2n) is 4.84.